The van der Waals surface area contributed by atoms with Crippen molar-refractivity contribution in [2.75, 3.05) is 23.3 Å². The van der Waals surface area contributed by atoms with Crippen LogP contribution >= 0.6 is 11.3 Å². The van der Waals surface area contributed by atoms with Gasteiger partial charge in [-0.15, -0.1) is 0 Å². The Morgan fingerprint density at radius 2 is 2.00 bits per heavy atom. The summed E-state index contributed by atoms with van der Waals surface area (Å²) in [6, 6.07) is 6.04. The molecule has 0 atom stereocenters. The average Bonchev–Trinajstić information content (AvgIpc) is 2.96. The Morgan fingerprint density at radius 3 is 2.72 bits per heavy atom. The van der Waals surface area contributed by atoms with Gasteiger partial charge in [0.2, 0.25) is 11.8 Å². The van der Waals surface area contributed by atoms with Crippen LogP contribution in [-0.2, 0) is 11.2 Å². The van der Waals surface area contributed by atoms with Gasteiger partial charge in [-0.05, 0) is 37.5 Å². The minimum atomic E-state index is -1.05. The van der Waals surface area contributed by atoms with Crippen LogP contribution in [0.15, 0.2) is 24.3 Å². The SMILES string of the molecule is O=C(Cc1sc(N2CCCCC2)nc1O)Nc1cccc(C(=O)O)c1. The van der Waals surface area contributed by atoms with Crippen LogP contribution in [0.5, 0.6) is 5.88 Å². The fourth-order valence-corrected chi connectivity index (χ4v) is 3.75. The number of nitrogens with zero attached hydrogens (tertiary/aromatic N) is 2. The van der Waals surface area contributed by atoms with Crippen molar-refractivity contribution in [3.8, 4) is 5.88 Å². The summed E-state index contributed by atoms with van der Waals surface area (Å²) in [7, 11) is 0. The Hall–Kier alpha value is -2.61. The minimum absolute atomic E-state index is 0.00532. The number of amides is 1. The first kappa shape index (κ1) is 17.2. The number of anilines is 2. The van der Waals surface area contributed by atoms with Gasteiger partial charge in [-0.25, -0.2) is 4.79 Å². The Balaban J connectivity index is 1.65. The normalized spacial score (nSPS) is 14.3. The molecule has 0 bridgehead atoms. The number of nitrogens with one attached hydrogen (secondary N) is 1. The number of carboxylic acid groups (broad SMARTS) is 1. The Bertz CT molecular complexity index is 784. The first-order chi connectivity index (χ1) is 12.0. The maximum atomic E-state index is 12.2. The highest BCUT2D eigenvalue weighted by Crippen LogP contribution is 2.32. The van der Waals surface area contributed by atoms with Gasteiger partial charge in [0.1, 0.15) is 0 Å². The van der Waals surface area contributed by atoms with E-state index in [2.05, 4.69) is 15.2 Å². The summed E-state index contributed by atoms with van der Waals surface area (Å²) >= 11 is 1.32. The molecule has 3 rings (SSSR count). The molecule has 1 aliphatic heterocycles. The monoisotopic (exact) mass is 361 g/mol. The van der Waals surface area contributed by atoms with Crippen molar-refractivity contribution in [3.63, 3.8) is 0 Å². The van der Waals surface area contributed by atoms with E-state index in [1.54, 1.807) is 12.1 Å². The van der Waals surface area contributed by atoms with E-state index < -0.39 is 5.97 Å². The Morgan fingerprint density at radius 1 is 1.24 bits per heavy atom. The molecule has 3 N–H and O–H groups in total. The van der Waals surface area contributed by atoms with Gasteiger partial charge >= 0.3 is 5.97 Å². The molecule has 0 radical (unpaired) electrons. The van der Waals surface area contributed by atoms with Crippen molar-refractivity contribution in [1.82, 2.24) is 4.98 Å². The first-order valence-corrected chi connectivity index (χ1v) is 8.91. The maximum Gasteiger partial charge on any atom is 0.335 e. The van der Waals surface area contributed by atoms with E-state index in [1.807, 2.05) is 0 Å². The van der Waals surface area contributed by atoms with Gasteiger partial charge in [-0.1, -0.05) is 17.4 Å². The minimum Gasteiger partial charge on any atom is -0.492 e. The number of aromatic hydroxyl groups is 1. The van der Waals surface area contributed by atoms with Crippen LogP contribution < -0.4 is 10.2 Å². The van der Waals surface area contributed by atoms with Crippen molar-refractivity contribution < 1.29 is 19.8 Å². The molecule has 0 spiro atoms. The van der Waals surface area contributed by atoms with E-state index in [9.17, 15) is 14.7 Å². The second-order valence-corrected chi connectivity index (χ2v) is 6.96. The fourth-order valence-electron chi connectivity index (χ4n) is 2.75. The van der Waals surface area contributed by atoms with Crippen molar-refractivity contribution in [2.45, 2.75) is 25.7 Å². The Labute approximate surface area is 148 Å². The van der Waals surface area contributed by atoms with E-state index in [4.69, 9.17) is 5.11 Å². The molecule has 132 valence electrons. The molecule has 0 unspecified atom stereocenters. The van der Waals surface area contributed by atoms with Crippen molar-refractivity contribution >= 4 is 34.0 Å². The lowest BCUT2D eigenvalue weighted by molar-refractivity contribution is -0.115. The van der Waals surface area contributed by atoms with Crippen LogP contribution in [0.3, 0.4) is 0 Å². The van der Waals surface area contributed by atoms with Gasteiger partial charge in [0.05, 0.1) is 16.9 Å². The zero-order valence-electron chi connectivity index (χ0n) is 13.6. The highest BCUT2D eigenvalue weighted by molar-refractivity contribution is 7.16. The molecular weight excluding hydrogens is 342 g/mol. The van der Waals surface area contributed by atoms with E-state index in [-0.39, 0.29) is 23.8 Å². The van der Waals surface area contributed by atoms with E-state index >= 15 is 0 Å². The average molecular weight is 361 g/mol. The van der Waals surface area contributed by atoms with E-state index in [1.165, 1.54) is 29.9 Å². The molecule has 1 saturated heterocycles. The summed E-state index contributed by atoms with van der Waals surface area (Å²) in [6.45, 7) is 1.83. The predicted molar refractivity (Wildman–Crippen MR) is 95.6 cm³/mol. The summed E-state index contributed by atoms with van der Waals surface area (Å²) in [5.41, 5.74) is 0.510. The van der Waals surface area contributed by atoms with Gasteiger partial charge in [0.15, 0.2) is 5.13 Å². The number of hydrogen-bond donors (Lipinski definition) is 3. The maximum absolute atomic E-state index is 12.2. The molecule has 25 heavy (non-hydrogen) atoms. The van der Waals surface area contributed by atoms with Crippen LogP contribution in [0.4, 0.5) is 10.8 Å². The molecule has 8 heteroatoms. The van der Waals surface area contributed by atoms with Gasteiger partial charge in [0.25, 0.3) is 0 Å². The molecule has 2 aromatic rings. The third-order valence-corrected chi connectivity index (χ3v) is 5.11. The van der Waals surface area contributed by atoms with E-state index in [0.717, 1.165) is 31.1 Å². The second-order valence-electron chi connectivity index (χ2n) is 5.90. The van der Waals surface area contributed by atoms with Crippen molar-refractivity contribution in [1.29, 1.82) is 0 Å². The van der Waals surface area contributed by atoms with E-state index in [0.29, 0.717) is 10.6 Å². The van der Waals surface area contributed by atoms with Gasteiger partial charge in [-0.3, -0.25) is 4.79 Å². The molecule has 1 aliphatic rings. The summed E-state index contributed by atoms with van der Waals surface area (Å²) in [6.07, 6.45) is 3.42. The number of carbonyl (C=O) groups is 2. The second kappa shape index (κ2) is 7.52. The zero-order valence-corrected chi connectivity index (χ0v) is 14.4. The quantitative estimate of drug-likeness (QED) is 0.757. The fraction of sp³-hybridized carbons (Fsp3) is 0.353. The van der Waals surface area contributed by atoms with Gasteiger partial charge in [-0.2, -0.15) is 4.98 Å². The first-order valence-electron chi connectivity index (χ1n) is 8.10. The number of rotatable bonds is 5. The largest absolute Gasteiger partial charge is 0.492 e. The molecule has 0 aliphatic carbocycles. The highest BCUT2D eigenvalue weighted by atomic mass is 32.1. The Kier molecular flexibility index (Phi) is 5.18. The van der Waals surface area contributed by atoms with Crippen LogP contribution in [0.1, 0.15) is 34.5 Å². The molecule has 7 nitrogen and oxygen atoms in total. The third kappa shape index (κ3) is 4.27. The lowest BCUT2D eigenvalue weighted by Crippen LogP contribution is -2.29. The predicted octanol–water partition coefficient (Wildman–Crippen LogP) is 2.72. The number of carbonyl (C=O) groups excluding carboxylic acids is 1. The van der Waals surface area contributed by atoms with Gasteiger partial charge < -0.3 is 20.4 Å². The van der Waals surface area contributed by atoms with Crippen LogP contribution in [0, 0.1) is 0 Å². The number of benzene rings is 1. The molecular formula is C17H19N3O4S. The molecule has 1 amide bonds. The summed E-state index contributed by atoms with van der Waals surface area (Å²) in [5.74, 6) is -1.49. The highest BCUT2D eigenvalue weighted by Gasteiger charge is 2.19. The number of carboxylic acids is 1. The molecule has 2 heterocycles. The van der Waals surface area contributed by atoms with Crippen molar-refractivity contribution in [3.05, 3.63) is 34.7 Å². The molecule has 1 aromatic heterocycles. The summed E-state index contributed by atoms with van der Waals surface area (Å²) in [5, 5.41) is 22.4. The lowest BCUT2D eigenvalue weighted by Gasteiger charge is -2.25. The number of hydrogen-bond acceptors (Lipinski definition) is 6. The number of aromatic carboxylic acids is 1. The summed E-state index contributed by atoms with van der Waals surface area (Å²) < 4.78 is 0. The van der Waals surface area contributed by atoms with Crippen LogP contribution in [-0.4, -0.2) is 40.2 Å². The number of piperidine rings is 1. The smallest absolute Gasteiger partial charge is 0.335 e. The lowest BCUT2D eigenvalue weighted by atomic mass is 10.1. The standard InChI is InChI=1S/C17H19N3O4S/c21-14(18-12-6-4-5-11(9-12)16(23)24)10-13-15(22)19-17(25-13)20-7-2-1-3-8-20/h4-6,9,22H,1-3,7-8,10H2,(H,18,21)(H,23,24). The van der Waals surface area contributed by atoms with Crippen LogP contribution in [0.25, 0.3) is 0 Å². The van der Waals surface area contributed by atoms with Crippen LogP contribution in [0.2, 0.25) is 0 Å². The molecule has 1 aromatic carbocycles. The van der Waals surface area contributed by atoms with Crippen molar-refractivity contribution in [2.24, 2.45) is 0 Å². The molecule has 0 saturated carbocycles. The van der Waals surface area contributed by atoms with Gasteiger partial charge in [0, 0.05) is 18.8 Å². The summed E-state index contributed by atoms with van der Waals surface area (Å²) in [4.78, 5) is 30.0. The number of aromatic nitrogens is 1. The molecule has 1 fully saturated rings. The third-order valence-electron chi connectivity index (χ3n) is 4.01. The number of thiazole rings is 1. The zero-order chi connectivity index (χ0) is 17.8. The topological polar surface area (TPSA) is 103 Å².